The van der Waals surface area contributed by atoms with Gasteiger partial charge in [0.1, 0.15) is 11.9 Å². The molecule has 0 bridgehead atoms. The molecule has 0 aliphatic rings. The number of benzene rings is 2. The quantitative estimate of drug-likeness (QED) is 0.290. The molecular weight excluding hydrogens is 477 g/mol. The Bertz CT molecular complexity index is 711. The third kappa shape index (κ3) is 8.36. The summed E-state index contributed by atoms with van der Waals surface area (Å²) in [5.41, 5.74) is 1.91. The van der Waals surface area contributed by atoms with Crippen LogP contribution in [0.5, 0.6) is 5.75 Å². The van der Waals surface area contributed by atoms with Crippen molar-refractivity contribution in [3.05, 3.63) is 64.7 Å². The van der Waals surface area contributed by atoms with Gasteiger partial charge >= 0.3 is 0 Å². The second kappa shape index (κ2) is 12.8. The zero-order chi connectivity index (χ0) is 18.8. The maximum atomic E-state index is 9.42. The van der Waals surface area contributed by atoms with E-state index in [1.807, 2.05) is 50.2 Å². The van der Waals surface area contributed by atoms with E-state index in [9.17, 15) is 5.11 Å². The molecule has 7 heteroatoms. The van der Waals surface area contributed by atoms with Gasteiger partial charge in [-0.1, -0.05) is 35.9 Å². The molecule has 148 valence electrons. The largest absolute Gasteiger partial charge is 0.489 e. The van der Waals surface area contributed by atoms with Gasteiger partial charge in [-0.15, -0.1) is 24.0 Å². The van der Waals surface area contributed by atoms with Crippen molar-refractivity contribution in [2.75, 3.05) is 13.1 Å². The first-order valence-corrected chi connectivity index (χ1v) is 9.12. The second-order valence-corrected chi connectivity index (χ2v) is 6.32. The summed E-state index contributed by atoms with van der Waals surface area (Å²) < 4.78 is 5.86. The molecule has 0 spiro atoms. The minimum Gasteiger partial charge on any atom is -0.489 e. The van der Waals surface area contributed by atoms with Gasteiger partial charge in [0.05, 0.1) is 19.7 Å². The van der Waals surface area contributed by atoms with Crippen LogP contribution in [0.15, 0.2) is 53.5 Å². The minimum absolute atomic E-state index is 0. The Morgan fingerprint density at radius 3 is 2.41 bits per heavy atom. The molecule has 0 saturated carbocycles. The monoisotopic (exact) mass is 503 g/mol. The number of ether oxygens (including phenoxy) is 1. The maximum Gasteiger partial charge on any atom is 0.191 e. The van der Waals surface area contributed by atoms with Gasteiger partial charge in [-0.25, -0.2) is 4.99 Å². The third-order valence-electron chi connectivity index (χ3n) is 3.75. The topological polar surface area (TPSA) is 65.9 Å². The molecule has 2 rings (SSSR count). The molecule has 0 heterocycles. The summed E-state index contributed by atoms with van der Waals surface area (Å²) in [5, 5.41) is 16.6. The average molecular weight is 504 g/mol. The van der Waals surface area contributed by atoms with Crippen LogP contribution in [0, 0.1) is 0 Å². The predicted molar refractivity (Wildman–Crippen MR) is 122 cm³/mol. The van der Waals surface area contributed by atoms with E-state index >= 15 is 0 Å². The fourth-order valence-corrected chi connectivity index (χ4v) is 2.53. The Kier molecular flexibility index (Phi) is 11.2. The molecule has 1 unspecified atom stereocenters. The third-order valence-corrected chi connectivity index (χ3v) is 4.00. The number of halogens is 2. The Morgan fingerprint density at radius 2 is 1.78 bits per heavy atom. The molecule has 0 fully saturated rings. The molecule has 0 radical (unpaired) electrons. The standard InChI is InChI=1S/C20H26ClN3O2.HI/c1-3-22-20(24-13-16-6-4-5-7-17(16)14-25)23-12-15(2)26-19-10-8-18(21)9-11-19;/h4-11,15,25H,3,12-14H2,1-2H3,(H2,22,23,24);1H. The zero-order valence-electron chi connectivity index (χ0n) is 15.6. The number of aliphatic hydroxyl groups excluding tert-OH is 1. The van der Waals surface area contributed by atoms with E-state index in [-0.39, 0.29) is 36.7 Å². The van der Waals surface area contributed by atoms with Gasteiger partial charge in [-0.3, -0.25) is 0 Å². The normalized spacial score (nSPS) is 12.1. The van der Waals surface area contributed by atoms with E-state index in [2.05, 4.69) is 15.6 Å². The van der Waals surface area contributed by atoms with Crippen LogP contribution in [-0.4, -0.2) is 30.3 Å². The molecule has 0 aliphatic carbocycles. The molecule has 1 atom stereocenters. The summed E-state index contributed by atoms with van der Waals surface area (Å²) in [7, 11) is 0. The highest BCUT2D eigenvalue weighted by Gasteiger charge is 2.06. The number of nitrogens with one attached hydrogen (secondary N) is 2. The summed E-state index contributed by atoms with van der Waals surface area (Å²) in [5.74, 6) is 1.49. The van der Waals surface area contributed by atoms with Gasteiger partial charge in [0.15, 0.2) is 5.96 Å². The fourth-order valence-electron chi connectivity index (χ4n) is 2.40. The maximum absolute atomic E-state index is 9.42. The van der Waals surface area contributed by atoms with Gasteiger partial charge in [0.25, 0.3) is 0 Å². The van der Waals surface area contributed by atoms with Crippen molar-refractivity contribution in [1.29, 1.82) is 0 Å². The predicted octanol–water partition coefficient (Wildman–Crippen LogP) is 3.97. The van der Waals surface area contributed by atoms with Crippen molar-refractivity contribution in [2.45, 2.75) is 33.1 Å². The Morgan fingerprint density at radius 1 is 1.11 bits per heavy atom. The van der Waals surface area contributed by atoms with Crippen LogP contribution in [0.3, 0.4) is 0 Å². The summed E-state index contributed by atoms with van der Waals surface area (Å²) in [6, 6.07) is 15.1. The summed E-state index contributed by atoms with van der Waals surface area (Å²) in [6.45, 7) is 5.90. The van der Waals surface area contributed by atoms with Crippen LogP contribution in [-0.2, 0) is 13.2 Å². The lowest BCUT2D eigenvalue weighted by Crippen LogP contribution is -2.41. The molecule has 2 aromatic rings. The summed E-state index contributed by atoms with van der Waals surface area (Å²) >= 11 is 5.89. The second-order valence-electron chi connectivity index (χ2n) is 5.89. The number of guanidine groups is 1. The molecule has 3 N–H and O–H groups in total. The molecular formula is C20H27ClIN3O2. The van der Waals surface area contributed by atoms with Crippen LogP contribution in [0.1, 0.15) is 25.0 Å². The van der Waals surface area contributed by atoms with Gasteiger partial charge in [0, 0.05) is 11.6 Å². The molecule has 5 nitrogen and oxygen atoms in total. The van der Waals surface area contributed by atoms with E-state index in [1.54, 1.807) is 12.1 Å². The number of nitrogens with zero attached hydrogens (tertiary/aromatic N) is 1. The summed E-state index contributed by atoms with van der Waals surface area (Å²) in [4.78, 5) is 4.59. The number of aliphatic hydroxyl groups is 1. The minimum atomic E-state index is -0.0373. The molecule has 0 amide bonds. The van der Waals surface area contributed by atoms with E-state index in [1.165, 1.54) is 0 Å². The number of aliphatic imine (C=N–C) groups is 1. The number of rotatable bonds is 8. The van der Waals surface area contributed by atoms with Crippen molar-refractivity contribution >= 4 is 41.5 Å². The van der Waals surface area contributed by atoms with Crippen molar-refractivity contribution < 1.29 is 9.84 Å². The first-order chi connectivity index (χ1) is 12.6. The smallest absolute Gasteiger partial charge is 0.191 e. The first kappa shape index (κ1) is 23.5. The highest BCUT2D eigenvalue weighted by molar-refractivity contribution is 14.0. The summed E-state index contributed by atoms with van der Waals surface area (Å²) in [6.07, 6.45) is -0.0373. The van der Waals surface area contributed by atoms with Gasteiger partial charge in [-0.05, 0) is 49.2 Å². The highest BCUT2D eigenvalue weighted by Crippen LogP contribution is 2.16. The van der Waals surface area contributed by atoms with Gasteiger partial charge in [0.2, 0.25) is 0 Å². The lowest BCUT2D eigenvalue weighted by Gasteiger charge is -2.18. The fraction of sp³-hybridized carbons (Fsp3) is 0.350. The van der Waals surface area contributed by atoms with Crippen molar-refractivity contribution in [3.8, 4) is 5.75 Å². The molecule has 27 heavy (non-hydrogen) atoms. The van der Waals surface area contributed by atoms with Crippen LogP contribution < -0.4 is 15.4 Å². The van der Waals surface area contributed by atoms with E-state index in [0.29, 0.717) is 24.1 Å². The average Bonchev–Trinajstić information content (AvgIpc) is 2.66. The first-order valence-electron chi connectivity index (χ1n) is 8.74. The van der Waals surface area contributed by atoms with Crippen LogP contribution in [0.2, 0.25) is 5.02 Å². The van der Waals surface area contributed by atoms with Crippen molar-refractivity contribution in [3.63, 3.8) is 0 Å². The Balaban J connectivity index is 0.00000364. The van der Waals surface area contributed by atoms with E-state index < -0.39 is 0 Å². The highest BCUT2D eigenvalue weighted by atomic mass is 127. The lowest BCUT2D eigenvalue weighted by molar-refractivity contribution is 0.224. The Hall–Kier alpha value is -1.51. The zero-order valence-corrected chi connectivity index (χ0v) is 18.7. The van der Waals surface area contributed by atoms with Gasteiger partial charge < -0.3 is 20.5 Å². The van der Waals surface area contributed by atoms with E-state index in [0.717, 1.165) is 23.4 Å². The molecule has 0 aliphatic heterocycles. The van der Waals surface area contributed by atoms with Crippen molar-refractivity contribution in [2.24, 2.45) is 4.99 Å². The molecule has 2 aromatic carbocycles. The number of hydrogen-bond acceptors (Lipinski definition) is 3. The van der Waals surface area contributed by atoms with Gasteiger partial charge in [-0.2, -0.15) is 0 Å². The van der Waals surface area contributed by atoms with Crippen LogP contribution in [0.25, 0.3) is 0 Å². The van der Waals surface area contributed by atoms with Crippen molar-refractivity contribution in [1.82, 2.24) is 10.6 Å². The molecule has 0 saturated heterocycles. The SMILES string of the molecule is CCNC(=NCc1ccccc1CO)NCC(C)Oc1ccc(Cl)cc1.I. The number of hydrogen-bond donors (Lipinski definition) is 3. The molecule has 0 aromatic heterocycles. The Labute approximate surface area is 183 Å². The van der Waals surface area contributed by atoms with Crippen LogP contribution >= 0.6 is 35.6 Å². The van der Waals surface area contributed by atoms with E-state index in [4.69, 9.17) is 16.3 Å². The van der Waals surface area contributed by atoms with Crippen LogP contribution in [0.4, 0.5) is 0 Å². The lowest BCUT2D eigenvalue weighted by atomic mass is 10.1.